The average molecular weight is 356 g/mol. The molecule has 9 heteroatoms. The van der Waals surface area contributed by atoms with Crippen molar-refractivity contribution < 1.29 is 19.1 Å². The highest BCUT2D eigenvalue weighted by molar-refractivity contribution is 6.45. The van der Waals surface area contributed by atoms with E-state index in [4.69, 9.17) is 32.4 Å². The first-order valence-electron chi connectivity index (χ1n) is 6.42. The van der Waals surface area contributed by atoms with Gasteiger partial charge in [0.25, 0.3) is 11.8 Å². The van der Waals surface area contributed by atoms with Gasteiger partial charge in [-0.05, 0) is 12.1 Å². The number of carbonyl (C=O) groups excluding carboxylic acids is 1. The number of amides is 1. The molecule has 1 aliphatic heterocycles. The van der Waals surface area contributed by atoms with E-state index in [-0.39, 0.29) is 32.9 Å². The van der Waals surface area contributed by atoms with Gasteiger partial charge in [0.1, 0.15) is 21.3 Å². The summed E-state index contributed by atoms with van der Waals surface area (Å²) < 4.78 is 10.8. The molecule has 7 nitrogen and oxygen atoms in total. The lowest BCUT2D eigenvalue weighted by molar-refractivity contribution is 0.0825. The Kier molecular flexibility index (Phi) is 3.83. The summed E-state index contributed by atoms with van der Waals surface area (Å²) >= 11 is 12.1. The molecule has 1 aromatic carbocycles. The fourth-order valence-electron chi connectivity index (χ4n) is 2.02. The third-order valence-electron chi connectivity index (χ3n) is 3.13. The van der Waals surface area contributed by atoms with Crippen LogP contribution in [0.4, 0.5) is 5.69 Å². The van der Waals surface area contributed by atoms with Crippen LogP contribution in [0.1, 0.15) is 16.1 Å². The van der Waals surface area contributed by atoms with Gasteiger partial charge in [0.05, 0.1) is 6.26 Å². The van der Waals surface area contributed by atoms with Crippen LogP contribution in [0.25, 0.3) is 0 Å². The average Bonchev–Trinajstić information content (AvgIpc) is 3.07. The molecule has 0 saturated carbocycles. The summed E-state index contributed by atoms with van der Waals surface area (Å²) in [5.74, 6) is -0.355. The number of aromatic hydroxyl groups is 1. The summed E-state index contributed by atoms with van der Waals surface area (Å²) in [5.41, 5.74) is 2.72. The molecule has 120 valence electrons. The SMILES string of the molecule is CN(C)C(=O)c1c(O)c(Cl)c(Cl)c2c1NN=C(c1ccco1)O2. The van der Waals surface area contributed by atoms with Crippen LogP contribution in [0.15, 0.2) is 27.9 Å². The standard InChI is InChI=1S/C14H11Cl2N3O4/c1-19(2)14(21)7-10-12(9(16)8(15)11(7)20)23-13(18-17-10)6-4-3-5-22-6/h3-5,17,20H,1-2H3. The Morgan fingerprint density at radius 1 is 1.35 bits per heavy atom. The Balaban J connectivity index is 2.16. The van der Waals surface area contributed by atoms with Crippen LogP contribution < -0.4 is 10.2 Å². The number of hydrogen-bond donors (Lipinski definition) is 2. The molecule has 2 aromatic rings. The zero-order valence-electron chi connectivity index (χ0n) is 12.1. The van der Waals surface area contributed by atoms with E-state index in [9.17, 15) is 9.90 Å². The van der Waals surface area contributed by atoms with Gasteiger partial charge in [0, 0.05) is 14.1 Å². The van der Waals surface area contributed by atoms with E-state index in [0.29, 0.717) is 5.76 Å². The summed E-state index contributed by atoms with van der Waals surface area (Å²) in [6, 6.07) is 3.32. The molecular formula is C14H11Cl2N3O4. The molecule has 0 aliphatic carbocycles. The summed E-state index contributed by atoms with van der Waals surface area (Å²) in [5, 5.41) is 13.9. The minimum absolute atomic E-state index is 0.0408. The largest absolute Gasteiger partial charge is 0.505 e. The Bertz CT molecular complexity index is 816. The van der Waals surface area contributed by atoms with E-state index >= 15 is 0 Å². The first-order valence-corrected chi connectivity index (χ1v) is 7.18. The number of halogens is 2. The zero-order chi connectivity index (χ0) is 16.7. The molecule has 2 N–H and O–H groups in total. The molecule has 0 atom stereocenters. The monoisotopic (exact) mass is 355 g/mol. The molecule has 0 spiro atoms. The van der Waals surface area contributed by atoms with E-state index in [1.54, 1.807) is 12.1 Å². The molecule has 0 radical (unpaired) electrons. The first kappa shape index (κ1) is 15.5. The number of hydrogen-bond acceptors (Lipinski definition) is 6. The van der Waals surface area contributed by atoms with Gasteiger partial charge in [-0.3, -0.25) is 10.2 Å². The van der Waals surface area contributed by atoms with Gasteiger partial charge in [0.15, 0.2) is 17.3 Å². The lowest BCUT2D eigenvalue weighted by Crippen LogP contribution is -2.25. The molecule has 0 fully saturated rings. The van der Waals surface area contributed by atoms with Crippen LogP contribution in [-0.2, 0) is 0 Å². The molecular weight excluding hydrogens is 345 g/mol. The van der Waals surface area contributed by atoms with Crippen molar-refractivity contribution in [3.05, 3.63) is 39.8 Å². The maximum absolute atomic E-state index is 12.3. The van der Waals surface area contributed by atoms with E-state index in [2.05, 4.69) is 10.5 Å². The van der Waals surface area contributed by atoms with Crippen molar-refractivity contribution in [2.24, 2.45) is 5.10 Å². The molecule has 2 heterocycles. The molecule has 1 aliphatic rings. The van der Waals surface area contributed by atoms with Gasteiger partial charge >= 0.3 is 0 Å². The number of fused-ring (bicyclic) bond motifs is 1. The number of ether oxygens (including phenoxy) is 1. The summed E-state index contributed by atoms with van der Waals surface area (Å²) in [6.07, 6.45) is 1.46. The lowest BCUT2D eigenvalue weighted by Gasteiger charge is -2.23. The third kappa shape index (κ3) is 2.47. The van der Waals surface area contributed by atoms with Gasteiger partial charge in [0.2, 0.25) is 0 Å². The van der Waals surface area contributed by atoms with E-state index < -0.39 is 11.7 Å². The maximum atomic E-state index is 12.3. The molecule has 0 unspecified atom stereocenters. The Morgan fingerprint density at radius 3 is 2.70 bits per heavy atom. The topological polar surface area (TPSA) is 87.3 Å². The maximum Gasteiger partial charge on any atom is 0.280 e. The van der Waals surface area contributed by atoms with Gasteiger partial charge < -0.3 is 19.2 Å². The third-order valence-corrected chi connectivity index (χ3v) is 3.96. The van der Waals surface area contributed by atoms with Crippen LogP contribution >= 0.6 is 23.2 Å². The predicted octanol–water partition coefficient (Wildman–Crippen LogP) is 3.16. The van der Waals surface area contributed by atoms with Crippen molar-refractivity contribution in [2.45, 2.75) is 0 Å². The van der Waals surface area contributed by atoms with Crippen molar-refractivity contribution in [1.29, 1.82) is 0 Å². The number of carbonyl (C=O) groups is 1. The van der Waals surface area contributed by atoms with Gasteiger partial charge in [-0.25, -0.2) is 0 Å². The van der Waals surface area contributed by atoms with E-state index in [1.807, 2.05) is 0 Å². The Labute approximate surface area is 141 Å². The minimum Gasteiger partial charge on any atom is -0.505 e. The second-order valence-corrected chi connectivity index (χ2v) is 5.62. The number of hydrazone groups is 1. The second kappa shape index (κ2) is 5.68. The predicted molar refractivity (Wildman–Crippen MR) is 85.6 cm³/mol. The van der Waals surface area contributed by atoms with Crippen molar-refractivity contribution in [3.8, 4) is 11.5 Å². The fourth-order valence-corrected chi connectivity index (χ4v) is 2.42. The van der Waals surface area contributed by atoms with Gasteiger partial charge in [-0.15, -0.1) is 5.10 Å². The summed E-state index contributed by atoms with van der Waals surface area (Å²) in [6.45, 7) is 0. The number of nitrogens with one attached hydrogen (secondary N) is 1. The Hall–Kier alpha value is -2.38. The zero-order valence-corrected chi connectivity index (χ0v) is 13.6. The quantitative estimate of drug-likeness (QED) is 0.863. The van der Waals surface area contributed by atoms with Gasteiger partial charge in [-0.1, -0.05) is 23.2 Å². The lowest BCUT2D eigenvalue weighted by atomic mass is 10.1. The van der Waals surface area contributed by atoms with Crippen molar-refractivity contribution in [3.63, 3.8) is 0 Å². The Morgan fingerprint density at radius 2 is 2.09 bits per heavy atom. The summed E-state index contributed by atoms with van der Waals surface area (Å²) in [7, 11) is 3.08. The van der Waals surface area contributed by atoms with Crippen LogP contribution in [-0.4, -0.2) is 35.9 Å². The van der Waals surface area contributed by atoms with E-state index in [0.717, 1.165) is 0 Å². The second-order valence-electron chi connectivity index (χ2n) is 4.86. The first-order chi connectivity index (χ1) is 10.9. The van der Waals surface area contributed by atoms with E-state index in [1.165, 1.54) is 25.3 Å². The molecule has 3 rings (SSSR count). The van der Waals surface area contributed by atoms with Crippen LogP contribution in [0.3, 0.4) is 0 Å². The molecule has 1 amide bonds. The highest BCUT2D eigenvalue weighted by atomic mass is 35.5. The van der Waals surface area contributed by atoms with Gasteiger partial charge in [-0.2, -0.15) is 0 Å². The number of benzene rings is 1. The van der Waals surface area contributed by atoms with Crippen LogP contribution in [0.5, 0.6) is 11.5 Å². The number of furan rings is 1. The van der Waals surface area contributed by atoms with Crippen molar-refractivity contribution >= 4 is 40.7 Å². The molecule has 1 aromatic heterocycles. The van der Waals surface area contributed by atoms with Crippen molar-refractivity contribution in [1.82, 2.24) is 4.90 Å². The highest BCUT2D eigenvalue weighted by Gasteiger charge is 2.32. The minimum atomic E-state index is -0.481. The van der Waals surface area contributed by atoms with Crippen LogP contribution in [0, 0.1) is 0 Å². The number of rotatable bonds is 2. The molecule has 0 bridgehead atoms. The number of anilines is 1. The normalized spacial score (nSPS) is 12.8. The number of phenols is 1. The highest BCUT2D eigenvalue weighted by Crippen LogP contribution is 2.49. The number of phenolic OH excluding ortho intramolecular Hbond substituents is 1. The smallest absolute Gasteiger partial charge is 0.280 e. The number of nitrogens with zero attached hydrogens (tertiary/aromatic N) is 2. The summed E-state index contributed by atoms with van der Waals surface area (Å²) in [4.78, 5) is 13.6. The van der Waals surface area contributed by atoms with Crippen LogP contribution in [0.2, 0.25) is 10.0 Å². The molecule has 23 heavy (non-hydrogen) atoms. The fraction of sp³-hybridized carbons (Fsp3) is 0.143. The van der Waals surface area contributed by atoms with Crippen molar-refractivity contribution in [2.75, 3.05) is 19.5 Å². The molecule has 0 saturated heterocycles.